The summed E-state index contributed by atoms with van der Waals surface area (Å²) < 4.78 is 15.6. The molecule has 5 rings (SSSR count). The number of aliphatic hydroxyl groups excluding tert-OH is 1. The normalized spacial score (nSPS) is 19.7. The van der Waals surface area contributed by atoms with Gasteiger partial charge in [-0.3, -0.25) is 4.90 Å². The Labute approximate surface area is 217 Å². The minimum absolute atomic E-state index is 0.105. The summed E-state index contributed by atoms with van der Waals surface area (Å²) in [5.74, 6) is 3.20. The summed E-state index contributed by atoms with van der Waals surface area (Å²) in [6.45, 7) is 13.2. The van der Waals surface area contributed by atoms with Crippen molar-refractivity contribution in [2.45, 2.75) is 84.7 Å². The average molecular weight is 509 g/mol. The molecule has 0 spiro atoms. The number of ether oxygens (including phenoxy) is 2. The summed E-state index contributed by atoms with van der Waals surface area (Å²) in [4.78, 5) is 23.5. The topological polar surface area (TPSA) is 108 Å². The molecule has 198 valence electrons. The second-order valence-electron chi connectivity index (χ2n) is 11.1. The molecule has 0 radical (unpaired) electrons. The van der Waals surface area contributed by atoms with Gasteiger partial charge in [0, 0.05) is 18.8 Å². The third kappa shape index (κ3) is 5.07. The molecule has 1 saturated heterocycles. The lowest BCUT2D eigenvalue weighted by atomic mass is 9.88. The molecule has 2 unspecified atom stereocenters. The van der Waals surface area contributed by atoms with Crippen molar-refractivity contribution in [3.63, 3.8) is 0 Å². The van der Waals surface area contributed by atoms with E-state index in [0.29, 0.717) is 26.1 Å². The molecule has 4 heterocycles. The zero-order valence-electron chi connectivity index (χ0n) is 22.4. The van der Waals surface area contributed by atoms with Crippen LogP contribution in [-0.4, -0.2) is 65.4 Å². The fourth-order valence-corrected chi connectivity index (χ4v) is 5.00. The van der Waals surface area contributed by atoms with Crippen LogP contribution in [0.3, 0.4) is 0 Å². The highest BCUT2D eigenvalue weighted by Gasteiger charge is 2.34. The Morgan fingerprint density at radius 1 is 1.19 bits per heavy atom. The first-order valence-electron chi connectivity index (χ1n) is 13.0. The number of hydrogen-bond donors (Lipinski definition) is 1. The first-order chi connectivity index (χ1) is 17.5. The van der Waals surface area contributed by atoms with Gasteiger partial charge >= 0.3 is 6.09 Å². The summed E-state index contributed by atoms with van der Waals surface area (Å²) in [6, 6.07) is 6.35. The van der Waals surface area contributed by atoms with Gasteiger partial charge in [-0.15, -0.1) is 0 Å². The van der Waals surface area contributed by atoms with Crippen molar-refractivity contribution in [3.05, 3.63) is 35.8 Å². The van der Waals surface area contributed by atoms with Crippen molar-refractivity contribution in [3.8, 4) is 28.7 Å². The highest BCUT2D eigenvalue weighted by molar-refractivity contribution is 5.70. The Hall–Kier alpha value is -3.40. The molecule has 2 aromatic heterocycles. The van der Waals surface area contributed by atoms with Crippen LogP contribution in [0.1, 0.15) is 70.8 Å². The van der Waals surface area contributed by atoms with Gasteiger partial charge in [-0.25, -0.2) is 19.4 Å². The number of likely N-dealkylation sites (tertiary alicyclic amines) is 1. The molecule has 0 bridgehead atoms. The number of fused-ring (bicyclic) bond motifs is 3. The molecule has 0 saturated carbocycles. The standard InChI is InChI=1S/C27H36N6O4/c1-16(2)33-25(28-17(3)30-33)21-15-31-11-12-36-22-13-18(7-8-20(22)24(31)29-21)19-9-10-32(23(34)14-19)26(35)37-27(4,5)6/h7-8,13,15-16,19,23,34H,9-12,14H2,1-6H3. The third-order valence-electron chi connectivity index (χ3n) is 6.74. The minimum Gasteiger partial charge on any atom is -0.491 e. The van der Waals surface area contributed by atoms with Crippen LogP contribution in [0.15, 0.2) is 24.4 Å². The van der Waals surface area contributed by atoms with Crippen LogP contribution in [0.4, 0.5) is 4.79 Å². The van der Waals surface area contributed by atoms with Gasteiger partial charge in [0.05, 0.1) is 12.1 Å². The number of amides is 1. The SMILES string of the molecule is Cc1nc(-c2cn3c(n2)-c2ccc(C4CCN(C(=O)OC(C)(C)C)C(O)C4)cc2OCC3)n(C(C)C)n1. The molecule has 2 aliphatic rings. The van der Waals surface area contributed by atoms with Gasteiger partial charge in [-0.2, -0.15) is 5.10 Å². The largest absolute Gasteiger partial charge is 0.491 e. The molecule has 10 nitrogen and oxygen atoms in total. The van der Waals surface area contributed by atoms with Crippen molar-refractivity contribution in [2.24, 2.45) is 0 Å². The van der Waals surface area contributed by atoms with E-state index in [2.05, 4.69) is 40.6 Å². The number of piperidine rings is 1. The van der Waals surface area contributed by atoms with E-state index in [9.17, 15) is 9.90 Å². The smallest absolute Gasteiger partial charge is 0.412 e. The number of aryl methyl sites for hydroxylation is 1. The molecule has 37 heavy (non-hydrogen) atoms. The number of carbonyl (C=O) groups is 1. The van der Waals surface area contributed by atoms with E-state index in [-0.39, 0.29) is 12.0 Å². The van der Waals surface area contributed by atoms with E-state index < -0.39 is 17.9 Å². The molecular weight excluding hydrogens is 472 g/mol. The Kier molecular flexibility index (Phi) is 6.47. The van der Waals surface area contributed by atoms with E-state index in [1.165, 1.54) is 4.90 Å². The molecule has 1 N–H and O–H groups in total. The quantitative estimate of drug-likeness (QED) is 0.554. The highest BCUT2D eigenvalue weighted by atomic mass is 16.6. The van der Waals surface area contributed by atoms with Gasteiger partial charge in [0.1, 0.15) is 41.5 Å². The number of imidazole rings is 1. The fraction of sp³-hybridized carbons (Fsp3) is 0.556. The fourth-order valence-electron chi connectivity index (χ4n) is 5.00. The maximum atomic E-state index is 12.5. The number of hydrogen-bond acceptors (Lipinski definition) is 7. The Morgan fingerprint density at radius 2 is 1.97 bits per heavy atom. The highest BCUT2D eigenvalue weighted by Crippen LogP contribution is 2.39. The number of aliphatic hydroxyl groups is 1. The Bertz CT molecular complexity index is 1300. The predicted octanol–water partition coefficient (Wildman–Crippen LogP) is 4.52. The maximum Gasteiger partial charge on any atom is 0.412 e. The second kappa shape index (κ2) is 9.48. The van der Waals surface area contributed by atoms with Gasteiger partial charge in [0.25, 0.3) is 0 Å². The van der Waals surface area contributed by atoms with Crippen molar-refractivity contribution in [2.75, 3.05) is 13.2 Å². The summed E-state index contributed by atoms with van der Waals surface area (Å²) in [5.41, 5.74) is 2.19. The molecule has 3 aromatic rings. The molecule has 0 aliphatic carbocycles. The van der Waals surface area contributed by atoms with Crippen LogP contribution >= 0.6 is 0 Å². The summed E-state index contributed by atoms with van der Waals surface area (Å²) in [7, 11) is 0. The van der Waals surface area contributed by atoms with Gasteiger partial charge < -0.3 is 19.1 Å². The third-order valence-corrected chi connectivity index (χ3v) is 6.74. The van der Waals surface area contributed by atoms with Crippen molar-refractivity contribution < 1.29 is 19.4 Å². The lowest BCUT2D eigenvalue weighted by Crippen LogP contribution is -2.47. The van der Waals surface area contributed by atoms with Crippen molar-refractivity contribution >= 4 is 6.09 Å². The van der Waals surface area contributed by atoms with E-state index in [1.807, 2.05) is 44.6 Å². The van der Waals surface area contributed by atoms with Crippen molar-refractivity contribution in [1.82, 2.24) is 29.2 Å². The summed E-state index contributed by atoms with van der Waals surface area (Å²) >= 11 is 0. The van der Waals surface area contributed by atoms with Gasteiger partial charge in [-0.1, -0.05) is 6.07 Å². The monoisotopic (exact) mass is 508 g/mol. The summed E-state index contributed by atoms with van der Waals surface area (Å²) in [5, 5.41) is 15.3. The zero-order valence-corrected chi connectivity index (χ0v) is 22.4. The molecule has 2 atom stereocenters. The number of benzene rings is 1. The van der Waals surface area contributed by atoms with Crippen LogP contribution in [0.25, 0.3) is 22.9 Å². The van der Waals surface area contributed by atoms with Crippen LogP contribution in [0, 0.1) is 6.92 Å². The van der Waals surface area contributed by atoms with Crippen molar-refractivity contribution in [1.29, 1.82) is 0 Å². The number of aromatic nitrogens is 5. The summed E-state index contributed by atoms with van der Waals surface area (Å²) in [6.07, 6.45) is 1.83. The lowest BCUT2D eigenvalue weighted by Gasteiger charge is -2.37. The molecule has 1 fully saturated rings. The van der Waals surface area contributed by atoms with Gasteiger partial charge in [0.15, 0.2) is 5.82 Å². The molecular formula is C27H36N6O4. The molecule has 1 aromatic carbocycles. The zero-order chi connectivity index (χ0) is 26.5. The van der Waals surface area contributed by atoms with Crippen LogP contribution < -0.4 is 4.74 Å². The van der Waals surface area contributed by atoms with E-state index in [4.69, 9.17) is 14.5 Å². The average Bonchev–Trinajstić information content (AvgIpc) is 3.37. The van der Waals surface area contributed by atoms with Crippen LogP contribution in [0.2, 0.25) is 0 Å². The molecule has 10 heteroatoms. The maximum absolute atomic E-state index is 12.5. The first-order valence-corrected chi connectivity index (χ1v) is 13.0. The first kappa shape index (κ1) is 25.3. The van der Waals surface area contributed by atoms with Crippen LogP contribution in [0.5, 0.6) is 5.75 Å². The van der Waals surface area contributed by atoms with Crippen LogP contribution in [-0.2, 0) is 11.3 Å². The van der Waals surface area contributed by atoms with Gasteiger partial charge in [-0.05, 0) is 78.0 Å². The lowest BCUT2D eigenvalue weighted by molar-refractivity contribution is -0.0492. The number of rotatable bonds is 3. The van der Waals surface area contributed by atoms with Gasteiger partial charge in [0.2, 0.25) is 0 Å². The molecule has 1 amide bonds. The van der Waals surface area contributed by atoms with E-state index >= 15 is 0 Å². The van der Waals surface area contributed by atoms with E-state index in [1.54, 1.807) is 0 Å². The second-order valence-corrected chi connectivity index (χ2v) is 11.1. The minimum atomic E-state index is -0.892. The predicted molar refractivity (Wildman–Crippen MR) is 138 cm³/mol. The van der Waals surface area contributed by atoms with E-state index in [0.717, 1.165) is 46.5 Å². The number of nitrogens with zero attached hydrogens (tertiary/aromatic N) is 6. The molecule has 2 aliphatic heterocycles. The Balaban J connectivity index is 1.38. The number of carbonyl (C=O) groups excluding carboxylic acids is 1. The Morgan fingerprint density at radius 3 is 2.68 bits per heavy atom.